The Bertz CT molecular complexity index is 613. The standard InChI is InChI=1S/C20H30N2O2/c1-19(2,3)24-18(23)22-12-6-7-15-13-16(8-9-17(15)22)20(14-21)10-4-5-11-20/h8-9,13H,4-7,10-12,14,21H2,1-3H3. The number of hydrogen-bond acceptors (Lipinski definition) is 3. The molecule has 3 rings (SSSR count). The normalized spacial score (nSPS) is 19.9. The van der Waals surface area contributed by atoms with Crippen LogP contribution in [0.15, 0.2) is 18.2 Å². The maximum Gasteiger partial charge on any atom is 0.414 e. The number of rotatable bonds is 2. The van der Waals surface area contributed by atoms with Crippen LogP contribution in [0.2, 0.25) is 0 Å². The molecular weight excluding hydrogens is 300 g/mol. The molecule has 0 saturated heterocycles. The monoisotopic (exact) mass is 330 g/mol. The van der Waals surface area contributed by atoms with E-state index in [0.717, 1.165) is 25.1 Å². The first kappa shape index (κ1) is 17.3. The predicted molar refractivity (Wildman–Crippen MR) is 97.5 cm³/mol. The van der Waals surface area contributed by atoms with Crippen molar-refractivity contribution in [3.8, 4) is 0 Å². The molecule has 1 aromatic rings. The molecule has 132 valence electrons. The minimum absolute atomic E-state index is 0.142. The number of ether oxygens (including phenoxy) is 1. The van der Waals surface area contributed by atoms with Gasteiger partial charge in [0.2, 0.25) is 0 Å². The van der Waals surface area contributed by atoms with Crippen molar-refractivity contribution >= 4 is 11.8 Å². The molecule has 2 aliphatic rings. The fourth-order valence-corrected chi connectivity index (χ4v) is 4.10. The second kappa shape index (κ2) is 6.40. The fraction of sp³-hybridized carbons (Fsp3) is 0.650. The summed E-state index contributed by atoms with van der Waals surface area (Å²) >= 11 is 0. The topological polar surface area (TPSA) is 55.6 Å². The molecule has 0 atom stereocenters. The average molecular weight is 330 g/mol. The summed E-state index contributed by atoms with van der Waals surface area (Å²) in [7, 11) is 0. The Balaban J connectivity index is 1.89. The summed E-state index contributed by atoms with van der Waals surface area (Å²) in [4.78, 5) is 14.3. The van der Waals surface area contributed by atoms with Crippen molar-refractivity contribution in [1.29, 1.82) is 0 Å². The SMILES string of the molecule is CC(C)(C)OC(=O)N1CCCc2cc(C3(CN)CCCC3)ccc21. The zero-order valence-electron chi connectivity index (χ0n) is 15.2. The van der Waals surface area contributed by atoms with Crippen molar-refractivity contribution in [1.82, 2.24) is 0 Å². The number of carbonyl (C=O) groups is 1. The highest BCUT2D eigenvalue weighted by atomic mass is 16.6. The third kappa shape index (κ3) is 3.30. The molecule has 1 heterocycles. The van der Waals surface area contributed by atoms with Crippen molar-refractivity contribution in [2.45, 2.75) is 70.3 Å². The highest BCUT2D eigenvalue weighted by molar-refractivity contribution is 5.89. The molecule has 1 aliphatic heterocycles. The first-order valence-electron chi connectivity index (χ1n) is 9.19. The second-order valence-corrected chi connectivity index (χ2v) is 8.27. The maximum atomic E-state index is 12.5. The van der Waals surface area contributed by atoms with E-state index in [1.807, 2.05) is 20.8 Å². The number of nitrogens with zero attached hydrogens (tertiary/aromatic N) is 1. The number of aryl methyl sites for hydroxylation is 1. The van der Waals surface area contributed by atoms with E-state index >= 15 is 0 Å². The third-order valence-electron chi connectivity index (χ3n) is 5.38. The van der Waals surface area contributed by atoms with Crippen molar-refractivity contribution in [3.05, 3.63) is 29.3 Å². The molecule has 0 radical (unpaired) electrons. The summed E-state index contributed by atoms with van der Waals surface area (Å²) in [5, 5.41) is 0. The van der Waals surface area contributed by atoms with E-state index in [1.54, 1.807) is 4.90 Å². The second-order valence-electron chi connectivity index (χ2n) is 8.27. The third-order valence-corrected chi connectivity index (χ3v) is 5.38. The van der Waals surface area contributed by atoms with Crippen molar-refractivity contribution in [2.75, 3.05) is 18.0 Å². The van der Waals surface area contributed by atoms with Gasteiger partial charge in [0, 0.05) is 18.5 Å². The molecule has 0 bridgehead atoms. The number of hydrogen-bond donors (Lipinski definition) is 1. The Hall–Kier alpha value is -1.55. The lowest BCUT2D eigenvalue weighted by Gasteiger charge is -2.34. The van der Waals surface area contributed by atoms with Crippen LogP contribution in [0.5, 0.6) is 0 Å². The molecule has 1 fully saturated rings. The van der Waals surface area contributed by atoms with Gasteiger partial charge in [-0.1, -0.05) is 25.0 Å². The van der Waals surface area contributed by atoms with Crippen LogP contribution in [0.25, 0.3) is 0 Å². The van der Waals surface area contributed by atoms with Gasteiger partial charge in [0.05, 0.1) is 5.69 Å². The highest BCUT2D eigenvalue weighted by Gasteiger charge is 2.35. The molecule has 4 heteroatoms. The lowest BCUT2D eigenvalue weighted by atomic mass is 9.78. The largest absolute Gasteiger partial charge is 0.443 e. The Labute approximate surface area is 145 Å². The van der Waals surface area contributed by atoms with Gasteiger partial charge in [0.1, 0.15) is 5.60 Å². The van der Waals surface area contributed by atoms with Crippen LogP contribution in [0.3, 0.4) is 0 Å². The van der Waals surface area contributed by atoms with Crippen LogP contribution in [-0.4, -0.2) is 24.8 Å². The molecule has 0 spiro atoms. The predicted octanol–water partition coefficient (Wildman–Crippen LogP) is 4.14. The molecule has 1 aromatic carbocycles. The summed E-state index contributed by atoms with van der Waals surface area (Å²) in [5.41, 5.74) is 9.42. The molecule has 24 heavy (non-hydrogen) atoms. The molecule has 1 aliphatic carbocycles. The van der Waals surface area contributed by atoms with E-state index in [1.165, 1.54) is 36.8 Å². The van der Waals surface area contributed by atoms with Crippen LogP contribution in [0, 0.1) is 0 Å². The van der Waals surface area contributed by atoms with Crippen LogP contribution < -0.4 is 10.6 Å². The summed E-state index contributed by atoms with van der Waals surface area (Å²) in [6, 6.07) is 6.58. The van der Waals surface area contributed by atoms with Crippen LogP contribution in [-0.2, 0) is 16.6 Å². The summed E-state index contributed by atoms with van der Waals surface area (Å²) in [6.07, 6.45) is 6.63. The zero-order valence-corrected chi connectivity index (χ0v) is 15.2. The molecule has 0 unspecified atom stereocenters. The summed E-state index contributed by atoms with van der Waals surface area (Å²) < 4.78 is 5.57. The Morgan fingerprint density at radius 1 is 1.25 bits per heavy atom. The molecule has 1 amide bonds. The van der Waals surface area contributed by atoms with Gasteiger partial charge in [-0.3, -0.25) is 4.90 Å². The van der Waals surface area contributed by atoms with Crippen LogP contribution >= 0.6 is 0 Å². The van der Waals surface area contributed by atoms with Crippen LogP contribution in [0.1, 0.15) is 64.0 Å². The van der Waals surface area contributed by atoms with E-state index in [2.05, 4.69) is 18.2 Å². The van der Waals surface area contributed by atoms with E-state index in [-0.39, 0.29) is 11.5 Å². The van der Waals surface area contributed by atoms with E-state index < -0.39 is 5.60 Å². The fourth-order valence-electron chi connectivity index (χ4n) is 4.10. The van der Waals surface area contributed by atoms with Crippen molar-refractivity contribution in [2.24, 2.45) is 5.73 Å². The Morgan fingerprint density at radius 3 is 2.58 bits per heavy atom. The number of fused-ring (bicyclic) bond motifs is 1. The van der Waals surface area contributed by atoms with Gasteiger partial charge in [0.15, 0.2) is 0 Å². The minimum atomic E-state index is -0.470. The molecule has 1 saturated carbocycles. The summed E-state index contributed by atoms with van der Waals surface area (Å²) in [5.74, 6) is 0. The van der Waals surface area contributed by atoms with E-state index in [0.29, 0.717) is 6.54 Å². The summed E-state index contributed by atoms with van der Waals surface area (Å²) in [6.45, 7) is 7.16. The number of benzene rings is 1. The Morgan fingerprint density at radius 2 is 1.96 bits per heavy atom. The van der Waals surface area contributed by atoms with E-state index in [4.69, 9.17) is 10.5 Å². The van der Waals surface area contributed by atoms with Gasteiger partial charge in [-0.15, -0.1) is 0 Å². The first-order chi connectivity index (χ1) is 11.3. The van der Waals surface area contributed by atoms with Crippen molar-refractivity contribution in [3.63, 3.8) is 0 Å². The van der Waals surface area contributed by atoms with Gasteiger partial charge in [0.25, 0.3) is 0 Å². The van der Waals surface area contributed by atoms with Gasteiger partial charge in [-0.05, 0) is 63.6 Å². The van der Waals surface area contributed by atoms with Crippen molar-refractivity contribution < 1.29 is 9.53 Å². The number of carbonyl (C=O) groups excluding carboxylic acids is 1. The van der Waals surface area contributed by atoms with Gasteiger partial charge < -0.3 is 10.5 Å². The quantitative estimate of drug-likeness (QED) is 0.886. The van der Waals surface area contributed by atoms with Gasteiger partial charge >= 0.3 is 6.09 Å². The number of nitrogens with two attached hydrogens (primary N) is 1. The lowest BCUT2D eigenvalue weighted by molar-refractivity contribution is 0.0578. The van der Waals surface area contributed by atoms with Crippen LogP contribution in [0.4, 0.5) is 10.5 Å². The van der Waals surface area contributed by atoms with Gasteiger partial charge in [-0.25, -0.2) is 4.79 Å². The number of amides is 1. The zero-order chi connectivity index (χ0) is 17.4. The maximum absolute atomic E-state index is 12.5. The average Bonchev–Trinajstić information content (AvgIpc) is 3.02. The van der Waals surface area contributed by atoms with Gasteiger partial charge in [-0.2, -0.15) is 0 Å². The minimum Gasteiger partial charge on any atom is -0.443 e. The molecule has 2 N–H and O–H groups in total. The lowest BCUT2D eigenvalue weighted by Crippen LogP contribution is -2.40. The molecule has 4 nitrogen and oxygen atoms in total. The number of anilines is 1. The van der Waals surface area contributed by atoms with E-state index in [9.17, 15) is 4.79 Å². The molecular formula is C20H30N2O2. The first-order valence-corrected chi connectivity index (χ1v) is 9.19. The molecule has 0 aromatic heterocycles. The smallest absolute Gasteiger partial charge is 0.414 e. The highest BCUT2D eigenvalue weighted by Crippen LogP contribution is 2.42. The Kier molecular flexibility index (Phi) is 4.60.